The van der Waals surface area contributed by atoms with E-state index in [9.17, 15) is 0 Å². The van der Waals surface area contributed by atoms with E-state index < -0.39 is 0 Å². The van der Waals surface area contributed by atoms with Gasteiger partial charge in [-0.2, -0.15) is 5.10 Å². The fourth-order valence-corrected chi connectivity index (χ4v) is 4.11. The molecule has 0 aliphatic carbocycles. The predicted octanol–water partition coefficient (Wildman–Crippen LogP) is 1.48. The number of hydrogen-bond acceptors (Lipinski definition) is 4. The van der Waals surface area contributed by atoms with Gasteiger partial charge in [-0.25, -0.2) is 0 Å². The van der Waals surface area contributed by atoms with Crippen molar-refractivity contribution in [2.75, 3.05) is 26.7 Å². The number of nitrogens with one attached hydrogen (secondary N) is 1. The fourth-order valence-electron chi connectivity index (χ4n) is 3.62. The van der Waals surface area contributed by atoms with E-state index in [0.29, 0.717) is 12.1 Å². The van der Waals surface area contributed by atoms with Crippen molar-refractivity contribution >= 4 is 15.9 Å². The Bertz CT molecular complexity index is 504. The first-order valence-electron chi connectivity index (χ1n) is 7.81. The van der Waals surface area contributed by atoms with Gasteiger partial charge in [0, 0.05) is 32.1 Å². The summed E-state index contributed by atoms with van der Waals surface area (Å²) in [5.74, 6) is 0. The van der Waals surface area contributed by atoms with E-state index in [4.69, 9.17) is 4.74 Å². The number of hydrogen-bond donors (Lipinski definition) is 1. The molecule has 118 valence electrons. The molecule has 0 spiro atoms. The highest BCUT2D eigenvalue weighted by atomic mass is 79.9. The van der Waals surface area contributed by atoms with Crippen LogP contribution in [0.4, 0.5) is 0 Å². The second kappa shape index (κ2) is 6.36. The Morgan fingerprint density at radius 1 is 1.52 bits per heavy atom. The summed E-state index contributed by atoms with van der Waals surface area (Å²) in [6.45, 7) is 5.20. The molecule has 1 aromatic rings. The van der Waals surface area contributed by atoms with Gasteiger partial charge in [0.1, 0.15) is 0 Å². The molecule has 3 unspecified atom stereocenters. The lowest BCUT2D eigenvalue weighted by Crippen LogP contribution is -2.54. The summed E-state index contributed by atoms with van der Waals surface area (Å²) < 4.78 is 9.26. The molecule has 21 heavy (non-hydrogen) atoms. The Balaban J connectivity index is 1.70. The lowest BCUT2D eigenvalue weighted by atomic mass is 10.0. The van der Waals surface area contributed by atoms with Crippen LogP contribution in [0.2, 0.25) is 0 Å². The Hall–Kier alpha value is -0.430. The molecule has 0 radical (unpaired) electrons. The van der Waals surface area contributed by atoms with Gasteiger partial charge in [0.2, 0.25) is 0 Å². The van der Waals surface area contributed by atoms with Crippen molar-refractivity contribution < 1.29 is 4.74 Å². The Morgan fingerprint density at radius 2 is 2.33 bits per heavy atom. The van der Waals surface area contributed by atoms with Gasteiger partial charge in [-0.15, -0.1) is 0 Å². The molecule has 2 aliphatic rings. The first-order chi connectivity index (χ1) is 10.1. The van der Waals surface area contributed by atoms with Crippen molar-refractivity contribution in [3.8, 4) is 0 Å². The second-order valence-electron chi connectivity index (χ2n) is 6.23. The first-order valence-corrected chi connectivity index (χ1v) is 8.60. The van der Waals surface area contributed by atoms with Crippen LogP contribution < -0.4 is 5.32 Å². The van der Waals surface area contributed by atoms with Crippen LogP contribution in [0.25, 0.3) is 0 Å². The Kier molecular flexibility index (Phi) is 4.69. The molecule has 3 atom stereocenters. The average Bonchev–Trinajstić information content (AvgIpc) is 3.03. The fraction of sp³-hybridized carbons (Fsp3) is 0.800. The number of nitrogens with zero attached hydrogens (tertiary/aromatic N) is 3. The maximum atomic E-state index is 6.15. The van der Waals surface area contributed by atoms with Crippen LogP contribution in [0.5, 0.6) is 0 Å². The van der Waals surface area contributed by atoms with Crippen LogP contribution in [0, 0.1) is 6.92 Å². The molecule has 2 aliphatic heterocycles. The molecule has 2 fully saturated rings. The zero-order chi connectivity index (χ0) is 15.0. The van der Waals surface area contributed by atoms with Crippen LogP contribution in [-0.4, -0.2) is 59.6 Å². The zero-order valence-corrected chi connectivity index (χ0v) is 14.7. The number of aromatic nitrogens is 2. The standard InChI is InChI=1S/C15H25BrN4O/c1-10-15(16)13(19(3)18-10)7-12(17-2)14-8-20-6-4-5-11(20)9-21-14/h11-12,14,17H,4-9H2,1-3H3. The largest absolute Gasteiger partial charge is 0.374 e. The molecule has 1 N–H and O–H groups in total. The number of fused-ring (bicyclic) bond motifs is 1. The highest BCUT2D eigenvalue weighted by molar-refractivity contribution is 9.10. The number of halogens is 1. The smallest absolute Gasteiger partial charge is 0.0859 e. The lowest BCUT2D eigenvalue weighted by Gasteiger charge is -2.38. The normalized spacial score (nSPS) is 27.8. The van der Waals surface area contributed by atoms with Crippen LogP contribution in [0.15, 0.2) is 4.47 Å². The van der Waals surface area contributed by atoms with Crippen molar-refractivity contribution in [1.82, 2.24) is 20.0 Å². The summed E-state index contributed by atoms with van der Waals surface area (Å²) in [5, 5.41) is 7.94. The van der Waals surface area contributed by atoms with Crippen LogP contribution in [0.1, 0.15) is 24.2 Å². The van der Waals surface area contributed by atoms with Crippen molar-refractivity contribution in [1.29, 1.82) is 0 Å². The molecule has 3 rings (SSSR count). The molecule has 5 nitrogen and oxygen atoms in total. The van der Waals surface area contributed by atoms with Gasteiger partial charge in [0.25, 0.3) is 0 Å². The van der Waals surface area contributed by atoms with Gasteiger partial charge in [-0.3, -0.25) is 9.58 Å². The van der Waals surface area contributed by atoms with E-state index in [0.717, 1.165) is 29.7 Å². The minimum atomic E-state index is 0.256. The van der Waals surface area contributed by atoms with E-state index in [1.807, 2.05) is 25.7 Å². The van der Waals surface area contributed by atoms with Crippen LogP contribution in [0.3, 0.4) is 0 Å². The topological polar surface area (TPSA) is 42.3 Å². The second-order valence-corrected chi connectivity index (χ2v) is 7.02. The number of morpholine rings is 1. The van der Waals surface area contributed by atoms with Crippen molar-refractivity contribution in [2.24, 2.45) is 7.05 Å². The SMILES string of the molecule is CNC(Cc1c(Br)c(C)nn1C)C1CN2CCCC2CO1. The molecule has 0 aromatic carbocycles. The number of aryl methyl sites for hydroxylation is 2. The highest BCUT2D eigenvalue weighted by Gasteiger charge is 2.35. The molecular formula is C15H25BrN4O. The van der Waals surface area contributed by atoms with E-state index in [1.54, 1.807) is 0 Å². The Morgan fingerprint density at radius 3 is 3.00 bits per heavy atom. The highest BCUT2D eigenvalue weighted by Crippen LogP contribution is 2.26. The van der Waals surface area contributed by atoms with Crippen molar-refractivity contribution in [2.45, 2.75) is 44.4 Å². The summed E-state index contributed by atoms with van der Waals surface area (Å²) in [6, 6.07) is 0.974. The van der Waals surface area contributed by atoms with Gasteiger partial charge >= 0.3 is 0 Å². The third kappa shape index (κ3) is 3.04. The van der Waals surface area contributed by atoms with E-state index >= 15 is 0 Å². The van der Waals surface area contributed by atoms with Gasteiger partial charge in [0.05, 0.1) is 28.6 Å². The Labute approximate surface area is 135 Å². The third-order valence-corrected chi connectivity index (χ3v) is 5.94. The van der Waals surface area contributed by atoms with Crippen molar-refractivity contribution in [3.05, 3.63) is 15.9 Å². The monoisotopic (exact) mass is 356 g/mol. The maximum Gasteiger partial charge on any atom is 0.0859 e. The lowest BCUT2D eigenvalue weighted by molar-refractivity contribution is -0.0636. The van der Waals surface area contributed by atoms with Gasteiger partial charge in [-0.05, 0) is 49.3 Å². The van der Waals surface area contributed by atoms with E-state index in [-0.39, 0.29) is 6.10 Å². The molecule has 1 aromatic heterocycles. The van der Waals surface area contributed by atoms with Gasteiger partial charge in [-0.1, -0.05) is 0 Å². The van der Waals surface area contributed by atoms with Crippen molar-refractivity contribution in [3.63, 3.8) is 0 Å². The average molecular weight is 357 g/mol. The summed E-state index contributed by atoms with van der Waals surface area (Å²) in [7, 11) is 4.04. The van der Waals surface area contributed by atoms with E-state index in [1.165, 1.54) is 25.1 Å². The molecular weight excluding hydrogens is 332 g/mol. The molecule has 0 saturated carbocycles. The van der Waals surface area contributed by atoms with Crippen LogP contribution in [-0.2, 0) is 18.2 Å². The molecule has 2 saturated heterocycles. The molecule has 6 heteroatoms. The zero-order valence-electron chi connectivity index (χ0n) is 13.1. The third-order valence-electron chi connectivity index (χ3n) is 4.91. The minimum absolute atomic E-state index is 0.256. The summed E-state index contributed by atoms with van der Waals surface area (Å²) in [5.41, 5.74) is 2.28. The summed E-state index contributed by atoms with van der Waals surface area (Å²) in [6.07, 6.45) is 3.80. The first kappa shape index (κ1) is 15.5. The van der Waals surface area contributed by atoms with Gasteiger partial charge < -0.3 is 10.1 Å². The minimum Gasteiger partial charge on any atom is -0.374 e. The number of likely N-dealkylation sites (N-methyl/N-ethyl adjacent to an activating group) is 1. The molecule has 0 bridgehead atoms. The number of rotatable bonds is 4. The van der Waals surface area contributed by atoms with Crippen LogP contribution >= 0.6 is 15.9 Å². The number of ether oxygens (including phenoxy) is 1. The molecule has 3 heterocycles. The summed E-state index contributed by atoms with van der Waals surface area (Å²) in [4.78, 5) is 2.60. The van der Waals surface area contributed by atoms with E-state index in [2.05, 4.69) is 31.2 Å². The predicted molar refractivity (Wildman–Crippen MR) is 86.5 cm³/mol. The molecule has 0 amide bonds. The summed E-state index contributed by atoms with van der Waals surface area (Å²) >= 11 is 3.67. The van der Waals surface area contributed by atoms with Gasteiger partial charge in [0.15, 0.2) is 0 Å². The quantitative estimate of drug-likeness (QED) is 0.887. The maximum absolute atomic E-state index is 6.15.